The zero-order valence-electron chi connectivity index (χ0n) is 10.6. The first-order valence-electron chi connectivity index (χ1n) is 6.33. The van der Waals surface area contributed by atoms with E-state index in [2.05, 4.69) is 24.4 Å². The summed E-state index contributed by atoms with van der Waals surface area (Å²) in [5.41, 5.74) is 11.8. The third kappa shape index (κ3) is 2.28. The topological polar surface area (TPSA) is 35.2 Å². The van der Waals surface area contributed by atoms with Crippen molar-refractivity contribution in [1.82, 2.24) is 0 Å². The van der Waals surface area contributed by atoms with E-state index >= 15 is 0 Å². The fourth-order valence-electron chi connectivity index (χ4n) is 2.77. The SMILES string of the molecule is C=C1CCCc2c1ccc1c2CCOC1.CN. The first-order chi connectivity index (χ1) is 8.36. The fraction of sp³-hybridized carbons (Fsp3) is 0.467. The standard InChI is InChI=1S/C14H16O.CH5N/c1-10-3-2-4-14-12(10)6-5-11-9-15-8-7-13(11)14;1-2/h5-6H,1-4,7-9H2;2H2,1H3. The second kappa shape index (κ2) is 5.48. The molecule has 0 atom stereocenters. The summed E-state index contributed by atoms with van der Waals surface area (Å²) in [5, 5.41) is 0. The second-order valence-electron chi connectivity index (χ2n) is 4.49. The van der Waals surface area contributed by atoms with Crippen LogP contribution in [0.1, 0.15) is 35.1 Å². The van der Waals surface area contributed by atoms with Crippen LogP contribution in [0.25, 0.3) is 5.57 Å². The van der Waals surface area contributed by atoms with E-state index in [-0.39, 0.29) is 0 Å². The molecule has 0 radical (unpaired) electrons. The summed E-state index contributed by atoms with van der Waals surface area (Å²) in [7, 11) is 1.50. The highest BCUT2D eigenvalue weighted by atomic mass is 16.5. The van der Waals surface area contributed by atoms with Crippen molar-refractivity contribution in [3.63, 3.8) is 0 Å². The average Bonchev–Trinajstić information content (AvgIpc) is 2.41. The molecule has 1 aliphatic carbocycles. The Kier molecular flexibility index (Phi) is 3.97. The molecule has 1 aromatic rings. The third-order valence-corrected chi connectivity index (χ3v) is 3.57. The summed E-state index contributed by atoms with van der Waals surface area (Å²) in [5.74, 6) is 0. The summed E-state index contributed by atoms with van der Waals surface area (Å²) >= 11 is 0. The molecule has 0 saturated carbocycles. The Morgan fingerprint density at radius 2 is 1.94 bits per heavy atom. The highest BCUT2D eigenvalue weighted by Crippen LogP contribution is 2.34. The average molecular weight is 231 g/mol. The van der Waals surface area contributed by atoms with Gasteiger partial charge in [-0.1, -0.05) is 18.7 Å². The molecule has 0 aromatic heterocycles. The number of hydrogen-bond donors (Lipinski definition) is 1. The van der Waals surface area contributed by atoms with Gasteiger partial charge in [0.25, 0.3) is 0 Å². The maximum absolute atomic E-state index is 5.49. The van der Waals surface area contributed by atoms with Crippen LogP contribution in [0.4, 0.5) is 0 Å². The molecule has 1 heterocycles. The lowest BCUT2D eigenvalue weighted by atomic mass is 9.82. The van der Waals surface area contributed by atoms with Gasteiger partial charge in [-0.15, -0.1) is 0 Å². The number of rotatable bonds is 0. The van der Waals surface area contributed by atoms with Gasteiger partial charge in [-0.25, -0.2) is 0 Å². The van der Waals surface area contributed by atoms with Crippen LogP contribution in [0.3, 0.4) is 0 Å². The molecule has 2 aliphatic rings. The van der Waals surface area contributed by atoms with Crippen molar-refractivity contribution < 1.29 is 4.74 Å². The van der Waals surface area contributed by atoms with Crippen molar-refractivity contribution in [1.29, 1.82) is 0 Å². The quantitative estimate of drug-likeness (QED) is 0.745. The molecule has 0 spiro atoms. The van der Waals surface area contributed by atoms with Crippen molar-refractivity contribution >= 4 is 5.57 Å². The Morgan fingerprint density at radius 1 is 1.12 bits per heavy atom. The summed E-state index contributed by atoms with van der Waals surface area (Å²) in [6.45, 7) is 5.86. The van der Waals surface area contributed by atoms with Gasteiger partial charge in [-0.05, 0) is 60.6 Å². The number of benzene rings is 1. The molecular formula is C15H21NO. The van der Waals surface area contributed by atoms with Crippen molar-refractivity contribution in [3.05, 3.63) is 41.0 Å². The van der Waals surface area contributed by atoms with Crippen LogP contribution >= 0.6 is 0 Å². The fourth-order valence-corrected chi connectivity index (χ4v) is 2.77. The maximum Gasteiger partial charge on any atom is 0.0719 e. The van der Waals surface area contributed by atoms with E-state index in [1.165, 1.54) is 43.0 Å². The van der Waals surface area contributed by atoms with Gasteiger partial charge in [-0.2, -0.15) is 0 Å². The van der Waals surface area contributed by atoms with E-state index < -0.39 is 0 Å². The molecule has 0 bridgehead atoms. The predicted molar refractivity (Wildman–Crippen MR) is 71.9 cm³/mol. The molecule has 2 nitrogen and oxygen atoms in total. The van der Waals surface area contributed by atoms with Crippen LogP contribution in [0.5, 0.6) is 0 Å². The van der Waals surface area contributed by atoms with Crippen LogP contribution in [-0.2, 0) is 24.2 Å². The smallest absolute Gasteiger partial charge is 0.0719 e. The summed E-state index contributed by atoms with van der Waals surface area (Å²) in [4.78, 5) is 0. The number of hydrogen-bond acceptors (Lipinski definition) is 2. The molecule has 3 rings (SSSR count). The third-order valence-electron chi connectivity index (χ3n) is 3.57. The molecule has 17 heavy (non-hydrogen) atoms. The van der Waals surface area contributed by atoms with Crippen molar-refractivity contribution in [2.45, 2.75) is 32.3 Å². The molecule has 0 saturated heterocycles. The van der Waals surface area contributed by atoms with Gasteiger partial charge in [0.2, 0.25) is 0 Å². The monoisotopic (exact) mass is 231 g/mol. The number of nitrogens with two attached hydrogens (primary N) is 1. The normalized spacial score (nSPS) is 17.6. The van der Waals surface area contributed by atoms with E-state index in [4.69, 9.17) is 4.74 Å². The maximum atomic E-state index is 5.49. The van der Waals surface area contributed by atoms with Gasteiger partial charge in [0.05, 0.1) is 13.2 Å². The van der Waals surface area contributed by atoms with Gasteiger partial charge in [0.15, 0.2) is 0 Å². The lowest BCUT2D eigenvalue weighted by Crippen LogP contribution is -2.15. The first-order valence-corrected chi connectivity index (χ1v) is 6.33. The molecule has 0 fully saturated rings. The van der Waals surface area contributed by atoms with Gasteiger partial charge < -0.3 is 10.5 Å². The van der Waals surface area contributed by atoms with Crippen LogP contribution in [0.2, 0.25) is 0 Å². The Bertz CT molecular complexity index is 423. The molecular weight excluding hydrogens is 210 g/mol. The highest BCUT2D eigenvalue weighted by Gasteiger charge is 2.20. The van der Waals surface area contributed by atoms with E-state index in [0.29, 0.717) is 0 Å². The number of allylic oxidation sites excluding steroid dienone is 1. The van der Waals surface area contributed by atoms with E-state index in [0.717, 1.165) is 19.6 Å². The molecule has 92 valence electrons. The van der Waals surface area contributed by atoms with Crippen molar-refractivity contribution in [3.8, 4) is 0 Å². The Hall–Kier alpha value is -1.12. The molecule has 1 aliphatic heterocycles. The van der Waals surface area contributed by atoms with E-state index in [1.807, 2.05) is 0 Å². The lowest BCUT2D eigenvalue weighted by Gasteiger charge is -2.26. The largest absolute Gasteiger partial charge is 0.376 e. The molecule has 2 heteroatoms. The van der Waals surface area contributed by atoms with Gasteiger partial charge in [-0.3, -0.25) is 0 Å². The lowest BCUT2D eigenvalue weighted by molar-refractivity contribution is 0.110. The van der Waals surface area contributed by atoms with Crippen molar-refractivity contribution in [2.24, 2.45) is 5.73 Å². The minimum Gasteiger partial charge on any atom is -0.376 e. The minimum absolute atomic E-state index is 0.801. The van der Waals surface area contributed by atoms with Crippen LogP contribution in [0.15, 0.2) is 18.7 Å². The zero-order chi connectivity index (χ0) is 12.3. The predicted octanol–water partition coefficient (Wildman–Crippen LogP) is 2.68. The van der Waals surface area contributed by atoms with Crippen LogP contribution in [0, 0.1) is 0 Å². The molecule has 0 unspecified atom stereocenters. The zero-order valence-corrected chi connectivity index (χ0v) is 10.6. The molecule has 1 aromatic carbocycles. The first kappa shape index (κ1) is 12.3. The summed E-state index contributed by atoms with van der Waals surface area (Å²) in [6.07, 6.45) is 4.76. The Balaban J connectivity index is 0.000000514. The minimum atomic E-state index is 0.801. The Labute approximate surface area is 103 Å². The summed E-state index contributed by atoms with van der Waals surface area (Å²) in [6, 6.07) is 4.47. The van der Waals surface area contributed by atoms with Crippen LogP contribution < -0.4 is 5.73 Å². The second-order valence-corrected chi connectivity index (χ2v) is 4.49. The van der Waals surface area contributed by atoms with Gasteiger partial charge in [0, 0.05) is 0 Å². The number of ether oxygens (including phenoxy) is 1. The number of fused-ring (bicyclic) bond motifs is 3. The van der Waals surface area contributed by atoms with Gasteiger partial charge >= 0.3 is 0 Å². The van der Waals surface area contributed by atoms with Crippen molar-refractivity contribution in [2.75, 3.05) is 13.7 Å². The molecule has 2 N–H and O–H groups in total. The molecule has 0 amide bonds. The van der Waals surface area contributed by atoms with Gasteiger partial charge in [0.1, 0.15) is 0 Å². The van der Waals surface area contributed by atoms with E-state index in [9.17, 15) is 0 Å². The highest BCUT2D eigenvalue weighted by molar-refractivity contribution is 5.70. The Morgan fingerprint density at radius 3 is 2.76 bits per heavy atom. The van der Waals surface area contributed by atoms with Crippen LogP contribution in [-0.4, -0.2) is 13.7 Å². The summed E-state index contributed by atoms with van der Waals surface area (Å²) < 4.78 is 5.49. The van der Waals surface area contributed by atoms with E-state index in [1.54, 1.807) is 11.1 Å².